The van der Waals surface area contributed by atoms with Gasteiger partial charge in [-0.3, -0.25) is 4.79 Å². The normalized spacial score (nSPS) is 14.7. The van der Waals surface area contributed by atoms with E-state index in [9.17, 15) is 4.79 Å². The minimum absolute atomic E-state index is 0.0595. The van der Waals surface area contributed by atoms with Crippen molar-refractivity contribution in [1.29, 1.82) is 0 Å². The van der Waals surface area contributed by atoms with Gasteiger partial charge in [0.05, 0.1) is 11.8 Å². The number of nitrogens with one attached hydrogen (secondary N) is 1. The molecule has 1 aromatic rings. The minimum atomic E-state index is -0.106. The molecule has 1 heterocycles. The molecule has 0 aliphatic rings. The number of rotatable bonds is 4. The number of halogens is 1. The van der Waals surface area contributed by atoms with Crippen LogP contribution in [-0.2, 0) is 0 Å². The summed E-state index contributed by atoms with van der Waals surface area (Å²) in [6.07, 6.45) is 1.51. The largest absolute Gasteiger partial charge is 0.469 e. The van der Waals surface area contributed by atoms with Gasteiger partial charge in [-0.2, -0.15) is 0 Å². The molecule has 0 saturated carbocycles. The van der Waals surface area contributed by atoms with Gasteiger partial charge in [0.25, 0.3) is 5.91 Å². The van der Waals surface area contributed by atoms with E-state index in [-0.39, 0.29) is 17.9 Å². The molecular formula is C11H16ClNO2. The molecule has 1 amide bonds. The lowest BCUT2D eigenvalue weighted by Crippen LogP contribution is -2.37. The lowest BCUT2D eigenvalue weighted by atomic mass is 10.1. The fourth-order valence-electron chi connectivity index (χ4n) is 1.18. The average Bonchev–Trinajstić information content (AvgIpc) is 2.63. The standard InChI is InChI=1S/C11H16ClNO2/c1-7(6-12)8(2)13-11(14)10-4-5-15-9(10)3/h4-5,7-8H,6H2,1-3H3,(H,13,14). The van der Waals surface area contributed by atoms with Crippen LogP contribution in [0, 0.1) is 12.8 Å². The van der Waals surface area contributed by atoms with Crippen LogP contribution < -0.4 is 5.32 Å². The average molecular weight is 230 g/mol. The van der Waals surface area contributed by atoms with Gasteiger partial charge < -0.3 is 9.73 Å². The number of carbonyl (C=O) groups excluding carboxylic acids is 1. The van der Waals surface area contributed by atoms with Crippen LogP contribution in [0.5, 0.6) is 0 Å². The lowest BCUT2D eigenvalue weighted by molar-refractivity contribution is 0.0929. The van der Waals surface area contributed by atoms with Crippen molar-refractivity contribution < 1.29 is 9.21 Å². The Morgan fingerprint density at radius 3 is 2.73 bits per heavy atom. The van der Waals surface area contributed by atoms with Crippen LogP contribution in [-0.4, -0.2) is 17.8 Å². The molecule has 1 aromatic heterocycles. The molecule has 0 aliphatic carbocycles. The van der Waals surface area contributed by atoms with Gasteiger partial charge in [0.15, 0.2) is 0 Å². The van der Waals surface area contributed by atoms with Crippen LogP contribution in [0.1, 0.15) is 30.0 Å². The molecule has 3 nitrogen and oxygen atoms in total. The smallest absolute Gasteiger partial charge is 0.255 e. The molecule has 0 bridgehead atoms. The topological polar surface area (TPSA) is 42.2 Å². The first-order chi connectivity index (χ1) is 7.06. The van der Waals surface area contributed by atoms with Crippen LogP contribution in [0.25, 0.3) is 0 Å². The van der Waals surface area contributed by atoms with E-state index in [2.05, 4.69) is 5.32 Å². The van der Waals surface area contributed by atoms with E-state index in [1.165, 1.54) is 6.26 Å². The Morgan fingerprint density at radius 1 is 1.60 bits per heavy atom. The van der Waals surface area contributed by atoms with E-state index in [4.69, 9.17) is 16.0 Å². The number of furan rings is 1. The summed E-state index contributed by atoms with van der Waals surface area (Å²) < 4.78 is 5.07. The number of alkyl halides is 1. The summed E-state index contributed by atoms with van der Waals surface area (Å²) in [4.78, 5) is 11.7. The molecule has 0 aromatic carbocycles. The third-order valence-corrected chi connectivity index (χ3v) is 3.05. The second kappa shape index (κ2) is 5.21. The fourth-order valence-corrected chi connectivity index (χ4v) is 1.45. The molecule has 2 atom stereocenters. The first kappa shape index (κ1) is 12.1. The maximum atomic E-state index is 11.7. The summed E-state index contributed by atoms with van der Waals surface area (Å²) >= 11 is 5.72. The molecule has 2 unspecified atom stereocenters. The van der Waals surface area contributed by atoms with Gasteiger partial charge in [-0.05, 0) is 25.8 Å². The zero-order valence-electron chi connectivity index (χ0n) is 9.21. The van der Waals surface area contributed by atoms with Gasteiger partial charge in [0.1, 0.15) is 5.76 Å². The van der Waals surface area contributed by atoms with Crippen LogP contribution >= 0.6 is 11.6 Å². The SMILES string of the molecule is Cc1occc1C(=O)NC(C)C(C)CCl. The molecule has 0 radical (unpaired) electrons. The van der Waals surface area contributed by atoms with Crippen LogP contribution in [0.2, 0.25) is 0 Å². The van der Waals surface area contributed by atoms with E-state index in [0.29, 0.717) is 17.2 Å². The molecular weight excluding hydrogens is 214 g/mol. The van der Waals surface area contributed by atoms with Gasteiger partial charge >= 0.3 is 0 Å². The molecule has 1 rings (SSSR count). The van der Waals surface area contributed by atoms with Crippen molar-refractivity contribution in [3.63, 3.8) is 0 Å². The van der Waals surface area contributed by atoms with Crippen molar-refractivity contribution >= 4 is 17.5 Å². The van der Waals surface area contributed by atoms with Gasteiger partial charge in [0, 0.05) is 11.9 Å². The molecule has 0 saturated heterocycles. The van der Waals surface area contributed by atoms with Gasteiger partial charge in [-0.1, -0.05) is 6.92 Å². The maximum Gasteiger partial charge on any atom is 0.255 e. The van der Waals surface area contributed by atoms with E-state index in [0.717, 1.165) is 0 Å². The number of aryl methyl sites for hydroxylation is 1. The summed E-state index contributed by atoms with van der Waals surface area (Å²) in [6, 6.07) is 1.73. The van der Waals surface area contributed by atoms with Crippen molar-refractivity contribution in [2.75, 3.05) is 5.88 Å². The Morgan fingerprint density at radius 2 is 2.27 bits per heavy atom. The number of carbonyl (C=O) groups is 1. The van der Waals surface area contributed by atoms with Crippen molar-refractivity contribution in [1.82, 2.24) is 5.32 Å². The summed E-state index contributed by atoms with van der Waals surface area (Å²) in [6.45, 7) is 5.71. The zero-order valence-corrected chi connectivity index (χ0v) is 9.97. The third-order valence-electron chi connectivity index (χ3n) is 2.56. The molecule has 0 spiro atoms. The van der Waals surface area contributed by atoms with E-state index >= 15 is 0 Å². The van der Waals surface area contributed by atoms with Crippen LogP contribution in [0.3, 0.4) is 0 Å². The number of hydrogen-bond donors (Lipinski definition) is 1. The molecule has 0 fully saturated rings. The first-order valence-corrected chi connectivity index (χ1v) is 5.50. The quantitative estimate of drug-likeness (QED) is 0.807. The number of amides is 1. The van der Waals surface area contributed by atoms with Crippen LogP contribution in [0.15, 0.2) is 16.7 Å². The Balaban J connectivity index is 2.60. The highest BCUT2D eigenvalue weighted by Gasteiger charge is 2.17. The van der Waals surface area contributed by atoms with Gasteiger partial charge in [0.2, 0.25) is 0 Å². The highest BCUT2D eigenvalue weighted by atomic mass is 35.5. The Bertz CT molecular complexity index is 335. The Hall–Kier alpha value is -0.960. The monoisotopic (exact) mass is 229 g/mol. The maximum absolute atomic E-state index is 11.7. The molecule has 84 valence electrons. The van der Waals surface area contributed by atoms with E-state index in [1.807, 2.05) is 13.8 Å². The van der Waals surface area contributed by atoms with Gasteiger partial charge in [-0.15, -0.1) is 11.6 Å². The zero-order chi connectivity index (χ0) is 11.4. The van der Waals surface area contributed by atoms with Crippen molar-refractivity contribution in [3.8, 4) is 0 Å². The predicted octanol–water partition coefficient (Wildman–Crippen LogP) is 2.58. The fraction of sp³-hybridized carbons (Fsp3) is 0.545. The van der Waals surface area contributed by atoms with Crippen molar-refractivity contribution in [3.05, 3.63) is 23.7 Å². The number of hydrogen-bond acceptors (Lipinski definition) is 2. The summed E-state index contributed by atoms with van der Waals surface area (Å²) in [5, 5.41) is 2.89. The minimum Gasteiger partial charge on any atom is -0.469 e. The summed E-state index contributed by atoms with van der Waals surface area (Å²) in [7, 11) is 0. The second-order valence-electron chi connectivity index (χ2n) is 3.78. The molecule has 15 heavy (non-hydrogen) atoms. The van der Waals surface area contributed by atoms with E-state index < -0.39 is 0 Å². The second-order valence-corrected chi connectivity index (χ2v) is 4.09. The van der Waals surface area contributed by atoms with Gasteiger partial charge in [-0.25, -0.2) is 0 Å². The van der Waals surface area contributed by atoms with Crippen molar-refractivity contribution in [2.45, 2.75) is 26.8 Å². The van der Waals surface area contributed by atoms with Crippen LogP contribution in [0.4, 0.5) is 0 Å². The van der Waals surface area contributed by atoms with Crippen molar-refractivity contribution in [2.24, 2.45) is 5.92 Å². The van der Waals surface area contributed by atoms with E-state index in [1.54, 1.807) is 13.0 Å². The highest BCUT2D eigenvalue weighted by molar-refractivity contribution is 6.18. The third kappa shape index (κ3) is 2.99. The molecule has 4 heteroatoms. The molecule has 1 N–H and O–H groups in total. The first-order valence-electron chi connectivity index (χ1n) is 4.97. The lowest BCUT2D eigenvalue weighted by Gasteiger charge is -2.18. The molecule has 0 aliphatic heterocycles. The Labute approximate surface area is 94.8 Å². The predicted molar refractivity (Wildman–Crippen MR) is 60.3 cm³/mol. The summed E-state index contributed by atoms with van der Waals surface area (Å²) in [5.41, 5.74) is 0.587. The highest BCUT2D eigenvalue weighted by Crippen LogP contribution is 2.10. The Kier molecular flexibility index (Phi) is 4.21. The summed E-state index contributed by atoms with van der Waals surface area (Å²) in [5.74, 6) is 1.32.